The van der Waals surface area contributed by atoms with Gasteiger partial charge in [-0.25, -0.2) is 0 Å². The molecule has 0 aliphatic carbocycles. The number of carbonyl (C=O) groups excluding carboxylic acids is 1. The van der Waals surface area contributed by atoms with E-state index in [0.29, 0.717) is 6.42 Å². The summed E-state index contributed by atoms with van der Waals surface area (Å²) >= 11 is 0. The minimum absolute atomic E-state index is 0.246. The predicted octanol–water partition coefficient (Wildman–Crippen LogP) is 2.71. The second-order valence-electron chi connectivity index (χ2n) is 6.54. The van der Waals surface area contributed by atoms with E-state index in [2.05, 4.69) is 48.1 Å². The van der Waals surface area contributed by atoms with E-state index in [1.807, 2.05) is 21.8 Å². The number of carbonyl (C=O) groups is 1. The van der Waals surface area contributed by atoms with Crippen LogP contribution in [0.4, 0.5) is 5.69 Å². The number of amides is 1. The largest absolute Gasteiger partial charge is 0.367 e. The van der Waals surface area contributed by atoms with Crippen LogP contribution in [0.15, 0.2) is 42.7 Å². The predicted molar refractivity (Wildman–Crippen MR) is 96.0 cm³/mol. The molecular weight excluding hydrogens is 300 g/mol. The lowest BCUT2D eigenvalue weighted by Crippen LogP contribution is -2.54. The van der Waals surface area contributed by atoms with Crippen molar-refractivity contribution in [1.82, 2.24) is 14.7 Å². The highest BCUT2D eigenvalue weighted by Crippen LogP contribution is 2.23. The van der Waals surface area contributed by atoms with Crippen LogP contribution in [-0.2, 0) is 11.3 Å². The van der Waals surface area contributed by atoms with E-state index in [1.165, 1.54) is 11.3 Å². The molecule has 3 rings (SSSR count). The normalized spacial score (nSPS) is 18.0. The summed E-state index contributed by atoms with van der Waals surface area (Å²) in [6.07, 6.45) is 5.14. The van der Waals surface area contributed by atoms with Gasteiger partial charge in [0, 0.05) is 56.7 Å². The van der Waals surface area contributed by atoms with E-state index in [-0.39, 0.29) is 11.9 Å². The standard InChI is InChI=1S/C19H26N4O/c1-16-7-3-4-8-18(16)21-13-14-23(17(2)15-21)19(24)9-5-11-22-12-6-10-20-22/h3-4,6-8,10,12,17H,5,9,11,13-15H2,1-2H3/t17-/m0/s1. The fraction of sp³-hybridized carbons (Fsp3) is 0.474. The Bertz CT molecular complexity index is 668. The van der Waals surface area contributed by atoms with Crippen LogP contribution >= 0.6 is 0 Å². The number of piperazine rings is 1. The van der Waals surface area contributed by atoms with Crippen LogP contribution in [-0.4, -0.2) is 46.3 Å². The molecule has 1 atom stereocenters. The molecule has 2 heterocycles. The zero-order valence-electron chi connectivity index (χ0n) is 14.6. The average Bonchev–Trinajstić information content (AvgIpc) is 3.08. The summed E-state index contributed by atoms with van der Waals surface area (Å²) in [5, 5.41) is 4.18. The number of nitrogens with zero attached hydrogens (tertiary/aromatic N) is 4. The lowest BCUT2D eigenvalue weighted by atomic mass is 10.1. The molecule has 1 saturated heterocycles. The van der Waals surface area contributed by atoms with E-state index >= 15 is 0 Å². The summed E-state index contributed by atoms with van der Waals surface area (Å²) in [5.74, 6) is 0.263. The maximum absolute atomic E-state index is 12.5. The molecule has 24 heavy (non-hydrogen) atoms. The number of aromatic nitrogens is 2. The Morgan fingerprint density at radius 2 is 2.08 bits per heavy atom. The van der Waals surface area contributed by atoms with Gasteiger partial charge in [0.1, 0.15) is 0 Å². The van der Waals surface area contributed by atoms with Gasteiger partial charge in [0.05, 0.1) is 0 Å². The Balaban J connectivity index is 1.51. The molecule has 128 valence electrons. The van der Waals surface area contributed by atoms with Gasteiger partial charge in [-0.1, -0.05) is 18.2 Å². The molecule has 0 bridgehead atoms. The number of rotatable bonds is 5. The summed E-state index contributed by atoms with van der Waals surface area (Å²) in [6.45, 7) is 7.70. The minimum Gasteiger partial charge on any atom is -0.367 e. The molecule has 1 fully saturated rings. The quantitative estimate of drug-likeness (QED) is 0.848. The number of hydrogen-bond donors (Lipinski definition) is 0. The highest BCUT2D eigenvalue weighted by molar-refractivity contribution is 5.77. The summed E-state index contributed by atoms with van der Waals surface area (Å²) in [7, 11) is 0. The van der Waals surface area contributed by atoms with Gasteiger partial charge in [0.15, 0.2) is 0 Å². The first kappa shape index (κ1) is 16.6. The van der Waals surface area contributed by atoms with Crippen molar-refractivity contribution in [1.29, 1.82) is 0 Å². The van der Waals surface area contributed by atoms with Gasteiger partial charge in [-0.2, -0.15) is 5.10 Å². The van der Waals surface area contributed by atoms with Gasteiger partial charge in [-0.15, -0.1) is 0 Å². The maximum atomic E-state index is 12.5. The zero-order valence-corrected chi connectivity index (χ0v) is 14.6. The van der Waals surface area contributed by atoms with E-state index < -0.39 is 0 Å². The van der Waals surface area contributed by atoms with Crippen molar-refractivity contribution in [3.63, 3.8) is 0 Å². The van der Waals surface area contributed by atoms with Crippen LogP contribution in [0.25, 0.3) is 0 Å². The molecule has 5 nitrogen and oxygen atoms in total. The molecule has 1 aliphatic rings. The van der Waals surface area contributed by atoms with E-state index in [9.17, 15) is 4.79 Å². The van der Waals surface area contributed by atoms with Crippen molar-refractivity contribution in [2.45, 2.75) is 39.3 Å². The number of para-hydroxylation sites is 1. The lowest BCUT2D eigenvalue weighted by Gasteiger charge is -2.41. The fourth-order valence-corrected chi connectivity index (χ4v) is 3.43. The Morgan fingerprint density at radius 3 is 2.79 bits per heavy atom. The van der Waals surface area contributed by atoms with Crippen LogP contribution in [0.5, 0.6) is 0 Å². The Hall–Kier alpha value is -2.30. The third-order valence-electron chi connectivity index (χ3n) is 4.74. The molecule has 0 spiro atoms. The molecule has 1 aromatic carbocycles. The van der Waals surface area contributed by atoms with Crippen LogP contribution in [0.1, 0.15) is 25.3 Å². The second kappa shape index (κ2) is 7.51. The number of benzene rings is 1. The molecule has 1 amide bonds. The Labute approximate surface area is 143 Å². The molecule has 2 aromatic rings. The van der Waals surface area contributed by atoms with Gasteiger partial charge in [-0.05, 0) is 38.0 Å². The molecule has 0 unspecified atom stereocenters. The number of anilines is 1. The van der Waals surface area contributed by atoms with Crippen molar-refractivity contribution >= 4 is 11.6 Å². The van der Waals surface area contributed by atoms with Gasteiger partial charge >= 0.3 is 0 Å². The van der Waals surface area contributed by atoms with Crippen molar-refractivity contribution < 1.29 is 4.79 Å². The maximum Gasteiger partial charge on any atom is 0.222 e. The van der Waals surface area contributed by atoms with Crippen molar-refractivity contribution in [2.24, 2.45) is 0 Å². The van der Waals surface area contributed by atoms with Gasteiger partial charge in [-0.3, -0.25) is 9.48 Å². The molecule has 0 radical (unpaired) electrons. The van der Waals surface area contributed by atoms with E-state index in [1.54, 1.807) is 6.20 Å². The highest BCUT2D eigenvalue weighted by atomic mass is 16.2. The third-order valence-corrected chi connectivity index (χ3v) is 4.74. The first-order valence-corrected chi connectivity index (χ1v) is 8.72. The monoisotopic (exact) mass is 326 g/mol. The molecule has 0 N–H and O–H groups in total. The van der Waals surface area contributed by atoms with Crippen molar-refractivity contribution in [3.05, 3.63) is 48.3 Å². The topological polar surface area (TPSA) is 41.4 Å². The fourth-order valence-electron chi connectivity index (χ4n) is 3.43. The minimum atomic E-state index is 0.246. The van der Waals surface area contributed by atoms with Gasteiger partial charge < -0.3 is 9.80 Å². The van der Waals surface area contributed by atoms with Crippen LogP contribution in [0.2, 0.25) is 0 Å². The zero-order chi connectivity index (χ0) is 16.9. The lowest BCUT2D eigenvalue weighted by molar-refractivity contribution is -0.133. The summed E-state index contributed by atoms with van der Waals surface area (Å²) in [5.41, 5.74) is 2.58. The number of aryl methyl sites for hydroxylation is 2. The van der Waals surface area contributed by atoms with Crippen LogP contribution in [0, 0.1) is 6.92 Å². The summed E-state index contributed by atoms with van der Waals surface area (Å²) in [6, 6.07) is 10.6. The van der Waals surface area contributed by atoms with Crippen LogP contribution in [0.3, 0.4) is 0 Å². The van der Waals surface area contributed by atoms with Crippen molar-refractivity contribution in [3.8, 4) is 0 Å². The van der Waals surface area contributed by atoms with Gasteiger partial charge in [0.2, 0.25) is 5.91 Å². The SMILES string of the molecule is Cc1ccccc1N1CCN(C(=O)CCCn2cccn2)[C@@H](C)C1. The Morgan fingerprint density at radius 1 is 1.25 bits per heavy atom. The van der Waals surface area contributed by atoms with Gasteiger partial charge in [0.25, 0.3) is 0 Å². The Kier molecular flexibility index (Phi) is 5.18. The molecule has 0 saturated carbocycles. The molecule has 1 aromatic heterocycles. The molecular formula is C19H26N4O. The van der Waals surface area contributed by atoms with E-state index in [4.69, 9.17) is 0 Å². The van der Waals surface area contributed by atoms with Crippen molar-refractivity contribution in [2.75, 3.05) is 24.5 Å². The second-order valence-corrected chi connectivity index (χ2v) is 6.54. The average molecular weight is 326 g/mol. The first-order chi connectivity index (χ1) is 11.6. The van der Waals surface area contributed by atoms with Crippen LogP contribution < -0.4 is 4.90 Å². The first-order valence-electron chi connectivity index (χ1n) is 8.72. The third kappa shape index (κ3) is 3.78. The molecule has 1 aliphatic heterocycles. The smallest absolute Gasteiger partial charge is 0.222 e. The number of hydrogen-bond acceptors (Lipinski definition) is 3. The summed E-state index contributed by atoms with van der Waals surface area (Å²) in [4.78, 5) is 17.0. The molecule has 5 heteroatoms. The highest BCUT2D eigenvalue weighted by Gasteiger charge is 2.27. The van der Waals surface area contributed by atoms with E-state index in [0.717, 1.165) is 32.6 Å². The summed E-state index contributed by atoms with van der Waals surface area (Å²) < 4.78 is 1.88.